The molecule has 4 rings (SSSR count). The van der Waals surface area contributed by atoms with Gasteiger partial charge in [-0.2, -0.15) is 0 Å². The summed E-state index contributed by atoms with van der Waals surface area (Å²) in [5.74, 6) is 1.79. The van der Waals surface area contributed by atoms with Crippen LogP contribution in [-0.4, -0.2) is 50.5 Å². The van der Waals surface area contributed by atoms with E-state index in [9.17, 15) is 0 Å². The summed E-state index contributed by atoms with van der Waals surface area (Å²) in [4.78, 5) is 2.50. The Morgan fingerprint density at radius 2 is 1.70 bits per heavy atom. The minimum Gasteiger partial charge on any atom is -0.497 e. The molecule has 1 spiro atoms. The molecule has 0 unspecified atom stereocenters. The molecule has 2 aliphatic rings. The predicted molar refractivity (Wildman–Crippen MR) is 107 cm³/mol. The Morgan fingerprint density at radius 1 is 1.04 bits per heavy atom. The van der Waals surface area contributed by atoms with Crippen LogP contribution in [0.3, 0.4) is 0 Å². The zero-order chi connectivity index (χ0) is 18.7. The Hall–Kier alpha value is -2.24. The lowest BCUT2D eigenvalue weighted by molar-refractivity contribution is 0.0120. The van der Waals surface area contributed by atoms with Gasteiger partial charge in [-0.1, -0.05) is 12.1 Å². The van der Waals surface area contributed by atoms with Crippen molar-refractivity contribution in [1.82, 2.24) is 4.90 Å². The van der Waals surface area contributed by atoms with Gasteiger partial charge in [-0.3, -0.25) is 4.90 Å². The number of benzene rings is 2. The van der Waals surface area contributed by atoms with Crippen molar-refractivity contribution >= 4 is 5.69 Å². The average molecular weight is 368 g/mol. The van der Waals surface area contributed by atoms with E-state index in [1.807, 2.05) is 24.3 Å². The second-order valence-electron chi connectivity index (χ2n) is 7.58. The predicted octanol–water partition coefficient (Wildman–Crippen LogP) is 3.55. The number of likely N-dealkylation sites (tertiary alicyclic amines) is 1. The van der Waals surface area contributed by atoms with Crippen molar-refractivity contribution in [3.8, 4) is 11.5 Å². The lowest BCUT2D eigenvalue weighted by Crippen LogP contribution is -2.33. The summed E-state index contributed by atoms with van der Waals surface area (Å²) in [5, 5.41) is 3.61. The molecule has 2 saturated heterocycles. The zero-order valence-electron chi connectivity index (χ0n) is 16.1. The van der Waals surface area contributed by atoms with E-state index in [2.05, 4.69) is 34.5 Å². The standard InChI is InChI=1S/C22H28N2O3/c1-25-20-7-3-17(4-8-20)14-24-12-11-22(16-24)13-19(15-27-22)23-18-5-9-21(26-2)10-6-18/h3-10,19,23H,11-16H2,1-2H3/t19-,22-/m1/s1. The lowest BCUT2D eigenvalue weighted by atomic mass is 9.97. The number of rotatable bonds is 6. The van der Waals surface area contributed by atoms with E-state index >= 15 is 0 Å². The number of hydrogen-bond acceptors (Lipinski definition) is 5. The summed E-state index contributed by atoms with van der Waals surface area (Å²) in [6.45, 7) is 3.81. The van der Waals surface area contributed by atoms with Crippen molar-refractivity contribution in [3.05, 3.63) is 54.1 Å². The highest BCUT2D eigenvalue weighted by Crippen LogP contribution is 2.36. The Kier molecular flexibility index (Phi) is 5.23. The van der Waals surface area contributed by atoms with Crippen molar-refractivity contribution in [3.63, 3.8) is 0 Å². The normalized spacial score (nSPS) is 25.0. The molecule has 0 saturated carbocycles. The van der Waals surface area contributed by atoms with Gasteiger partial charge in [0.15, 0.2) is 0 Å². The molecule has 5 nitrogen and oxygen atoms in total. The number of anilines is 1. The first kappa shape index (κ1) is 18.1. The molecule has 0 aromatic heterocycles. The summed E-state index contributed by atoms with van der Waals surface area (Å²) >= 11 is 0. The number of hydrogen-bond donors (Lipinski definition) is 1. The maximum absolute atomic E-state index is 6.29. The van der Waals surface area contributed by atoms with Gasteiger partial charge in [-0.25, -0.2) is 0 Å². The Balaban J connectivity index is 1.31. The highest BCUT2D eigenvalue weighted by molar-refractivity contribution is 5.47. The Labute approximate surface area is 161 Å². The molecule has 2 fully saturated rings. The van der Waals surface area contributed by atoms with Crippen LogP contribution in [0.4, 0.5) is 5.69 Å². The molecule has 2 aromatic rings. The minimum absolute atomic E-state index is 0.00337. The van der Waals surface area contributed by atoms with Gasteiger partial charge >= 0.3 is 0 Å². The van der Waals surface area contributed by atoms with Crippen molar-refractivity contribution in [2.75, 3.05) is 39.2 Å². The van der Waals surface area contributed by atoms with Crippen molar-refractivity contribution in [2.45, 2.75) is 31.0 Å². The third-order valence-corrected chi connectivity index (χ3v) is 5.63. The van der Waals surface area contributed by atoms with Crippen LogP contribution in [0.2, 0.25) is 0 Å². The van der Waals surface area contributed by atoms with Crippen LogP contribution < -0.4 is 14.8 Å². The molecule has 2 atom stereocenters. The SMILES string of the molecule is COc1ccc(CN2CC[C@@]3(C[C@@H](Nc4ccc(OC)cc4)CO3)C2)cc1. The third-order valence-electron chi connectivity index (χ3n) is 5.63. The summed E-state index contributed by atoms with van der Waals surface area (Å²) in [6.07, 6.45) is 2.15. The molecule has 27 heavy (non-hydrogen) atoms. The second-order valence-corrected chi connectivity index (χ2v) is 7.58. The van der Waals surface area contributed by atoms with Crippen LogP contribution in [0.25, 0.3) is 0 Å². The van der Waals surface area contributed by atoms with E-state index in [0.717, 1.165) is 56.3 Å². The topological polar surface area (TPSA) is 43.0 Å². The van der Waals surface area contributed by atoms with Gasteiger partial charge in [0.1, 0.15) is 11.5 Å². The van der Waals surface area contributed by atoms with E-state index in [1.54, 1.807) is 14.2 Å². The Morgan fingerprint density at radius 3 is 2.37 bits per heavy atom. The molecule has 1 N–H and O–H groups in total. The quantitative estimate of drug-likeness (QED) is 0.845. The first-order valence-electron chi connectivity index (χ1n) is 9.58. The van der Waals surface area contributed by atoms with Crippen LogP contribution in [0.1, 0.15) is 18.4 Å². The van der Waals surface area contributed by atoms with Crippen LogP contribution in [0, 0.1) is 0 Å². The summed E-state index contributed by atoms with van der Waals surface area (Å²) in [5.41, 5.74) is 2.43. The van der Waals surface area contributed by atoms with Gasteiger partial charge in [0.05, 0.1) is 32.5 Å². The summed E-state index contributed by atoms with van der Waals surface area (Å²) in [6, 6.07) is 16.8. The summed E-state index contributed by atoms with van der Waals surface area (Å²) < 4.78 is 16.8. The fourth-order valence-corrected chi connectivity index (χ4v) is 4.20. The first-order chi connectivity index (χ1) is 13.2. The molecule has 2 aromatic carbocycles. The van der Waals surface area contributed by atoms with Crippen molar-refractivity contribution in [2.24, 2.45) is 0 Å². The minimum atomic E-state index is -0.00337. The molecular formula is C22H28N2O3. The molecule has 5 heteroatoms. The molecule has 2 heterocycles. The Bertz CT molecular complexity index is 680. The highest BCUT2D eigenvalue weighted by atomic mass is 16.5. The largest absolute Gasteiger partial charge is 0.497 e. The number of nitrogens with zero attached hydrogens (tertiary/aromatic N) is 1. The second kappa shape index (κ2) is 7.79. The van der Waals surface area contributed by atoms with Gasteiger partial charge < -0.3 is 19.5 Å². The van der Waals surface area contributed by atoms with Gasteiger partial charge in [0, 0.05) is 31.7 Å². The molecule has 0 amide bonds. The maximum atomic E-state index is 6.29. The fourth-order valence-electron chi connectivity index (χ4n) is 4.20. The number of ether oxygens (including phenoxy) is 3. The van der Waals surface area contributed by atoms with Gasteiger partial charge in [0.2, 0.25) is 0 Å². The fraction of sp³-hybridized carbons (Fsp3) is 0.455. The van der Waals surface area contributed by atoms with Crippen molar-refractivity contribution in [1.29, 1.82) is 0 Å². The molecule has 0 aliphatic carbocycles. The molecular weight excluding hydrogens is 340 g/mol. The van der Waals surface area contributed by atoms with E-state index < -0.39 is 0 Å². The van der Waals surface area contributed by atoms with Crippen LogP contribution in [0.15, 0.2) is 48.5 Å². The van der Waals surface area contributed by atoms with Gasteiger partial charge in [0.25, 0.3) is 0 Å². The smallest absolute Gasteiger partial charge is 0.119 e. The van der Waals surface area contributed by atoms with E-state index in [1.165, 1.54) is 5.56 Å². The van der Waals surface area contributed by atoms with E-state index in [4.69, 9.17) is 14.2 Å². The summed E-state index contributed by atoms with van der Waals surface area (Å²) in [7, 11) is 3.39. The van der Waals surface area contributed by atoms with Crippen LogP contribution in [-0.2, 0) is 11.3 Å². The number of methoxy groups -OCH3 is 2. The monoisotopic (exact) mass is 368 g/mol. The molecule has 2 aliphatic heterocycles. The van der Waals surface area contributed by atoms with Crippen LogP contribution >= 0.6 is 0 Å². The molecule has 0 radical (unpaired) electrons. The third kappa shape index (κ3) is 4.20. The molecule has 0 bridgehead atoms. The first-order valence-corrected chi connectivity index (χ1v) is 9.58. The molecule has 144 valence electrons. The number of nitrogens with one attached hydrogen (secondary N) is 1. The van der Waals surface area contributed by atoms with E-state index in [0.29, 0.717) is 6.04 Å². The lowest BCUT2D eigenvalue weighted by Gasteiger charge is -2.23. The maximum Gasteiger partial charge on any atom is 0.119 e. The average Bonchev–Trinajstić information content (AvgIpc) is 3.29. The highest BCUT2D eigenvalue weighted by Gasteiger charge is 2.45. The van der Waals surface area contributed by atoms with Crippen LogP contribution in [0.5, 0.6) is 11.5 Å². The van der Waals surface area contributed by atoms with Gasteiger partial charge in [-0.05, 0) is 48.4 Å². The van der Waals surface area contributed by atoms with Crippen molar-refractivity contribution < 1.29 is 14.2 Å². The van der Waals surface area contributed by atoms with Gasteiger partial charge in [-0.15, -0.1) is 0 Å². The van der Waals surface area contributed by atoms with E-state index in [-0.39, 0.29) is 5.60 Å². The zero-order valence-corrected chi connectivity index (χ0v) is 16.1.